The van der Waals surface area contributed by atoms with Crippen molar-refractivity contribution in [2.24, 2.45) is 0 Å². The molecule has 200 valence electrons. The van der Waals surface area contributed by atoms with Gasteiger partial charge in [-0.1, -0.05) is 104 Å². The smallest absolute Gasteiger partial charge is 0.311 e. The number of aromatic nitrogens is 2. The van der Waals surface area contributed by atoms with Crippen molar-refractivity contribution in [3.8, 4) is 22.9 Å². The largest absolute Gasteiger partial charge is 0.494 e. The second kappa shape index (κ2) is 19.7. The Kier molecular flexibility index (Phi) is 16.3. The van der Waals surface area contributed by atoms with Crippen LogP contribution in [0, 0.1) is 0 Å². The van der Waals surface area contributed by atoms with Gasteiger partial charge in [0.25, 0.3) is 0 Å². The molecule has 0 saturated carbocycles. The van der Waals surface area contributed by atoms with Gasteiger partial charge in [-0.15, -0.1) is 0 Å². The number of ether oxygens (including phenoxy) is 2. The number of hydrogen-bond donors (Lipinski definition) is 0. The quantitative estimate of drug-likeness (QED) is 0.127. The van der Waals surface area contributed by atoms with Gasteiger partial charge in [0.15, 0.2) is 11.6 Å². The first kappa shape index (κ1) is 29.8. The van der Waals surface area contributed by atoms with E-state index in [9.17, 15) is 4.79 Å². The second-order valence-corrected chi connectivity index (χ2v) is 9.79. The molecule has 2 aromatic rings. The van der Waals surface area contributed by atoms with Gasteiger partial charge in [0.05, 0.1) is 19.0 Å². The minimum Gasteiger partial charge on any atom is -0.494 e. The first-order valence-electron chi connectivity index (χ1n) is 14.5. The van der Waals surface area contributed by atoms with E-state index in [2.05, 4.69) is 23.8 Å². The van der Waals surface area contributed by atoms with Crippen LogP contribution in [0.5, 0.6) is 11.5 Å². The number of carbonyl (C=O) groups excluding carboxylic acids is 1. The molecule has 2 rings (SSSR count). The molecule has 0 aliphatic carbocycles. The summed E-state index contributed by atoms with van der Waals surface area (Å²) in [5.74, 6) is 1.66. The molecule has 0 aliphatic heterocycles. The third kappa shape index (κ3) is 13.6. The Morgan fingerprint density at radius 3 is 1.69 bits per heavy atom. The lowest BCUT2D eigenvalue weighted by Crippen LogP contribution is -2.08. The number of rotatable bonds is 21. The molecule has 0 saturated heterocycles. The van der Waals surface area contributed by atoms with Gasteiger partial charge in [0.2, 0.25) is 0 Å². The van der Waals surface area contributed by atoms with Gasteiger partial charge in [-0.3, -0.25) is 4.79 Å². The number of unbranched alkanes of at least 4 members (excludes halogenated alkanes) is 14. The molecule has 36 heavy (non-hydrogen) atoms. The van der Waals surface area contributed by atoms with Crippen LogP contribution in [-0.4, -0.2) is 22.5 Å². The van der Waals surface area contributed by atoms with Crippen molar-refractivity contribution >= 4 is 5.97 Å². The summed E-state index contributed by atoms with van der Waals surface area (Å²) >= 11 is 0. The highest BCUT2D eigenvalue weighted by Gasteiger charge is 2.07. The highest BCUT2D eigenvalue weighted by molar-refractivity contribution is 5.72. The van der Waals surface area contributed by atoms with Crippen LogP contribution in [0.4, 0.5) is 0 Å². The van der Waals surface area contributed by atoms with Crippen LogP contribution in [-0.2, 0) is 4.79 Å². The number of hydrogen-bond acceptors (Lipinski definition) is 5. The molecular formula is C31H48N2O3. The van der Waals surface area contributed by atoms with Crippen LogP contribution < -0.4 is 9.47 Å². The van der Waals surface area contributed by atoms with Gasteiger partial charge in [-0.25, -0.2) is 9.97 Å². The standard InChI is InChI=1S/C31H48N2O3/c1-3-5-7-9-11-12-14-16-18-24-35-28-22-20-27(21-23-28)31-32-25-29(26-33-31)36-30(34)19-17-15-13-10-8-6-4-2/h20-23,25-26H,3-19,24H2,1-2H3. The third-order valence-electron chi connectivity index (χ3n) is 6.47. The van der Waals surface area contributed by atoms with Crippen molar-refractivity contribution in [1.82, 2.24) is 9.97 Å². The molecule has 0 amide bonds. The van der Waals surface area contributed by atoms with Crippen LogP contribution in [0.25, 0.3) is 11.4 Å². The van der Waals surface area contributed by atoms with E-state index in [1.165, 1.54) is 83.5 Å². The highest BCUT2D eigenvalue weighted by atomic mass is 16.5. The molecule has 0 unspecified atom stereocenters. The molecule has 1 aromatic carbocycles. The van der Waals surface area contributed by atoms with E-state index in [4.69, 9.17) is 9.47 Å². The van der Waals surface area contributed by atoms with E-state index in [1.54, 1.807) is 12.4 Å². The van der Waals surface area contributed by atoms with Crippen molar-refractivity contribution in [1.29, 1.82) is 0 Å². The van der Waals surface area contributed by atoms with Crippen LogP contribution >= 0.6 is 0 Å². The lowest BCUT2D eigenvalue weighted by Gasteiger charge is -2.08. The van der Waals surface area contributed by atoms with Crippen molar-refractivity contribution < 1.29 is 14.3 Å². The minimum atomic E-state index is -0.214. The molecule has 0 fully saturated rings. The Hall–Kier alpha value is -2.43. The van der Waals surface area contributed by atoms with E-state index < -0.39 is 0 Å². The van der Waals surface area contributed by atoms with Gasteiger partial charge in [0.1, 0.15) is 5.75 Å². The molecule has 5 nitrogen and oxygen atoms in total. The van der Waals surface area contributed by atoms with Crippen LogP contribution in [0.2, 0.25) is 0 Å². The molecule has 0 spiro atoms. The SMILES string of the molecule is CCCCCCCCCCCOc1ccc(-c2ncc(OC(=O)CCCCCCCCC)cn2)cc1. The topological polar surface area (TPSA) is 61.3 Å². The third-order valence-corrected chi connectivity index (χ3v) is 6.47. The maximum atomic E-state index is 12.1. The predicted molar refractivity (Wildman–Crippen MR) is 148 cm³/mol. The van der Waals surface area contributed by atoms with E-state index >= 15 is 0 Å². The molecule has 0 radical (unpaired) electrons. The van der Waals surface area contributed by atoms with E-state index in [0.29, 0.717) is 18.0 Å². The maximum Gasteiger partial charge on any atom is 0.311 e. The lowest BCUT2D eigenvalue weighted by molar-refractivity contribution is -0.134. The van der Waals surface area contributed by atoms with Gasteiger partial charge < -0.3 is 9.47 Å². The maximum absolute atomic E-state index is 12.1. The van der Waals surface area contributed by atoms with Crippen LogP contribution in [0.3, 0.4) is 0 Å². The molecule has 1 aromatic heterocycles. The Morgan fingerprint density at radius 2 is 1.14 bits per heavy atom. The van der Waals surface area contributed by atoms with Gasteiger partial charge in [0, 0.05) is 12.0 Å². The fraction of sp³-hybridized carbons (Fsp3) is 0.645. The summed E-state index contributed by atoms with van der Waals surface area (Å²) in [6.45, 7) is 5.24. The zero-order valence-corrected chi connectivity index (χ0v) is 22.8. The second-order valence-electron chi connectivity index (χ2n) is 9.79. The average Bonchev–Trinajstić information content (AvgIpc) is 2.90. The summed E-state index contributed by atoms with van der Waals surface area (Å²) in [6, 6.07) is 7.85. The normalized spacial score (nSPS) is 10.9. The van der Waals surface area contributed by atoms with E-state index in [-0.39, 0.29) is 5.97 Å². The minimum absolute atomic E-state index is 0.214. The summed E-state index contributed by atoms with van der Waals surface area (Å²) in [7, 11) is 0. The lowest BCUT2D eigenvalue weighted by atomic mass is 10.1. The predicted octanol–water partition coefficient (Wildman–Crippen LogP) is 9.10. The summed E-state index contributed by atoms with van der Waals surface area (Å²) in [5, 5.41) is 0. The average molecular weight is 497 g/mol. The molecule has 0 N–H and O–H groups in total. The zero-order valence-electron chi connectivity index (χ0n) is 22.8. The fourth-order valence-electron chi connectivity index (χ4n) is 4.23. The Bertz CT molecular complexity index is 806. The van der Waals surface area contributed by atoms with E-state index in [1.807, 2.05) is 24.3 Å². The zero-order chi connectivity index (χ0) is 25.7. The Morgan fingerprint density at radius 1 is 0.639 bits per heavy atom. The molecular weight excluding hydrogens is 448 g/mol. The number of nitrogens with zero attached hydrogens (tertiary/aromatic N) is 2. The van der Waals surface area contributed by atoms with Crippen LogP contribution in [0.1, 0.15) is 123 Å². The molecule has 1 heterocycles. The van der Waals surface area contributed by atoms with Gasteiger partial charge in [-0.2, -0.15) is 0 Å². The monoisotopic (exact) mass is 496 g/mol. The first-order chi connectivity index (χ1) is 17.7. The van der Waals surface area contributed by atoms with E-state index in [0.717, 1.165) is 37.2 Å². The van der Waals surface area contributed by atoms with Gasteiger partial charge >= 0.3 is 5.97 Å². The molecule has 0 atom stereocenters. The van der Waals surface area contributed by atoms with Crippen molar-refractivity contribution in [2.75, 3.05) is 6.61 Å². The van der Waals surface area contributed by atoms with Gasteiger partial charge in [-0.05, 0) is 37.1 Å². The fourth-order valence-corrected chi connectivity index (χ4v) is 4.23. The molecule has 0 aliphatic rings. The Labute approximate surface area is 219 Å². The molecule has 5 heteroatoms. The Balaban J connectivity index is 1.60. The number of carbonyl (C=O) groups is 1. The first-order valence-corrected chi connectivity index (χ1v) is 14.5. The summed E-state index contributed by atoms with van der Waals surface area (Å²) in [5.41, 5.74) is 0.909. The highest BCUT2D eigenvalue weighted by Crippen LogP contribution is 2.21. The molecule has 0 bridgehead atoms. The van der Waals surface area contributed by atoms with Crippen LogP contribution in [0.15, 0.2) is 36.7 Å². The summed E-state index contributed by atoms with van der Waals surface area (Å²) < 4.78 is 11.3. The summed E-state index contributed by atoms with van der Waals surface area (Å²) in [4.78, 5) is 20.8. The van der Waals surface area contributed by atoms with Crippen molar-refractivity contribution in [3.63, 3.8) is 0 Å². The summed E-state index contributed by atoms with van der Waals surface area (Å²) in [6.07, 6.45) is 23.6. The number of benzene rings is 1. The van der Waals surface area contributed by atoms with Crippen molar-refractivity contribution in [3.05, 3.63) is 36.7 Å². The van der Waals surface area contributed by atoms with Crippen molar-refractivity contribution in [2.45, 2.75) is 123 Å². The number of esters is 1.